The molecule has 0 aliphatic carbocycles. The first-order chi connectivity index (χ1) is 13.6. The lowest BCUT2D eigenvalue weighted by molar-refractivity contribution is -0.122. The van der Waals surface area contributed by atoms with Crippen molar-refractivity contribution in [1.29, 1.82) is 0 Å². The summed E-state index contributed by atoms with van der Waals surface area (Å²) < 4.78 is 5.69. The third-order valence-electron chi connectivity index (χ3n) is 3.86. The highest BCUT2D eigenvalue weighted by molar-refractivity contribution is 7.99. The molecule has 1 N–H and O–H groups in total. The second-order valence-corrected chi connectivity index (χ2v) is 6.82. The molecule has 1 aliphatic heterocycles. The van der Waals surface area contributed by atoms with Crippen LogP contribution in [0.1, 0.15) is 5.76 Å². The molecule has 0 unspecified atom stereocenters. The zero-order chi connectivity index (χ0) is 19.5. The van der Waals surface area contributed by atoms with Crippen LogP contribution in [0.4, 0.5) is 10.5 Å². The quantitative estimate of drug-likeness (QED) is 0.541. The van der Waals surface area contributed by atoms with Crippen LogP contribution in [-0.4, -0.2) is 22.8 Å². The molecule has 138 valence electrons. The molecule has 2 aromatic heterocycles. The van der Waals surface area contributed by atoms with Crippen molar-refractivity contribution in [2.75, 3.05) is 4.90 Å². The average molecular weight is 391 g/mol. The van der Waals surface area contributed by atoms with E-state index in [9.17, 15) is 14.4 Å². The Morgan fingerprint density at radius 2 is 1.82 bits per heavy atom. The summed E-state index contributed by atoms with van der Waals surface area (Å²) in [5.41, 5.74) is 0.0669. The third kappa shape index (κ3) is 3.58. The Balaban J connectivity index is 1.60. The van der Waals surface area contributed by atoms with Gasteiger partial charge < -0.3 is 4.42 Å². The van der Waals surface area contributed by atoms with Gasteiger partial charge in [0.05, 0.1) is 11.9 Å². The van der Waals surface area contributed by atoms with Gasteiger partial charge in [0.2, 0.25) is 0 Å². The highest BCUT2D eigenvalue weighted by atomic mass is 32.2. The van der Waals surface area contributed by atoms with Gasteiger partial charge in [0.15, 0.2) is 5.09 Å². The first-order valence-corrected chi connectivity index (χ1v) is 9.08. The summed E-state index contributed by atoms with van der Waals surface area (Å²) in [6.45, 7) is 0. The first-order valence-electron chi connectivity index (χ1n) is 8.26. The number of barbiturate groups is 1. The fourth-order valence-corrected chi connectivity index (χ4v) is 3.39. The number of hydrogen-bond donors (Lipinski definition) is 1. The van der Waals surface area contributed by atoms with Crippen molar-refractivity contribution < 1.29 is 18.8 Å². The third-order valence-corrected chi connectivity index (χ3v) is 4.78. The van der Waals surface area contributed by atoms with Crippen LogP contribution in [0.25, 0.3) is 6.08 Å². The molecule has 0 atom stereocenters. The van der Waals surface area contributed by atoms with Gasteiger partial charge in [0.1, 0.15) is 11.3 Å². The molecule has 0 saturated carbocycles. The Hall–Kier alpha value is -3.65. The van der Waals surface area contributed by atoms with Crippen molar-refractivity contribution in [3.05, 3.63) is 78.3 Å². The highest BCUT2D eigenvalue weighted by Crippen LogP contribution is 2.30. The van der Waals surface area contributed by atoms with E-state index in [1.165, 1.54) is 30.2 Å². The first kappa shape index (κ1) is 17.7. The van der Waals surface area contributed by atoms with Gasteiger partial charge in [-0.1, -0.05) is 30.0 Å². The summed E-state index contributed by atoms with van der Waals surface area (Å²) in [4.78, 5) is 42.8. The van der Waals surface area contributed by atoms with Crippen molar-refractivity contribution in [3.8, 4) is 0 Å². The number of anilines is 1. The van der Waals surface area contributed by atoms with Crippen LogP contribution in [0.15, 0.2) is 87.0 Å². The number of carbonyl (C=O) groups is 3. The number of imide groups is 2. The normalized spacial score (nSPS) is 15.8. The van der Waals surface area contributed by atoms with Crippen LogP contribution >= 0.6 is 11.8 Å². The fourth-order valence-electron chi connectivity index (χ4n) is 2.59. The Bertz CT molecular complexity index is 1080. The Labute approximate surface area is 164 Å². The predicted octanol–water partition coefficient (Wildman–Crippen LogP) is 3.49. The zero-order valence-corrected chi connectivity index (χ0v) is 15.2. The number of pyridine rings is 1. The van der Waals surface area contributed by atoms with Crippen LogP contribution in [0.2, 0.25) is 0 Å². The van der Waals surface area contributed by atoms with E-state index in [2.05, 4.69) is 10.3 Å². The number of rotatable bonds is 4. The Morgan fingerprint density at radius 1 is 1.00 bits per heavy atom. The molecule has 8 heteroatoms. The summed E-state index contributed by atoms with van der Waals surface area (Å²) in [5, 5.41) is 2.77. The van der Waals surface area contributed by atoms with E-state index in [0.29, 0.717) is 10.9 Å². The van der Waals surface area contributed by atoms with Gasteiger partial charge in [-0.25, -0.2) is 9.69 Å². The van der Waals surface area contributed by atoms with E-state index in [4.69, 9.17) is 4.42 Å². The molecule has 4 amide bonds. The molecule has 4 rings (SSSR count). The molecule has 28 heavy (non-hydrogen) atoms. The second kappa shape index (κ2) is 7.53. The number of nitrogens with one attached hydrogen (secondary N) is 1. The number of carbonyl (C=O) groups excluding carboxylic acids is 3. The smallest absolute Gasteiger partial charge is 0.336 e. The SMILES string of the molecule is O=C1NC(=O)N(c2cccnc2)C(=O)/C1=C/c1ccc(Sc2ccccc2)o1. The minimum atomic E-state index is -0.820. The monoisotopic (exact) mass is 391 g/mol. The lowest BCUT2D eigenvalue weighted by Crippen LogP contribution is -2.54. The van der Waals surface area contributed by atoms with E-state index in [1.807, 2.05) is 30.3 Å². The molecule has 1 aromatic carbocycles. The average Bonchev–Trinajstić information content (AvgIpc) is 3.14. The Morgan fingerprint density at radius 3 is 2.57 bits per heavy atom. The van der Waals surface area contributed by atoms with Crippen molar-refractivity contribution in [2.24, 2.45) is 0 Å². The largest absolute Gasteiger partial charge is 0.450 e. The molecule has 0 spiro atoms. The minimum Gasteiger partial charge on any atom is -0.450 e. The molecule has 7 nitrogen and oxygen atoms in total. The number of benzene rings is 1. The fraction of sp³-hybridized carbons (Fsp3) is 0. The summed E-state index contributed by atoms with van der Waals surface area (Å²) in [6, 6.07) is 15.4. The van der Waals surface area contributed by atoms with Gasteiger partial charge in [-0.2, -0.15) is 0 Å². The highest BCUT2D eigenvalue weighted by Gasteiger charge is 2.37. The zero-order valence-electron chi connectivity index (χ0n) is 14.4. The second-order valence-electron chi connectivity index (χ2n) is 5.74. The van der Waals surface area contributed by atoms with Gasteiger partial charge in [0, 0.05) is 11.1 Å². The molecule has 1 fully saturated rings. The molecule has 1 aliphatic rings. The van der Waals surface area contributed by atoms with Crippen LogP contribution in [0, 0.1) is 0 Å². The summed E-state index contributed by atoms with van der Waals surface area (Å²) in [5.74, 6) is -1.18. The van der Waals surface area contributed by atoms with Gasteiger partial charge in [-0.05, 0) is 42.5 Å². The van der Waals surface area contributed by atoms with E-state index in [1.54, 1.807) is 24.3 Å². The Kier molecular flexibility index (Phi) is 4.77. The van der Waals surface area contributed by atoms with E-state index in [0.717, 1.165) is 9.80 Å². The van der Waals surface area contributed by atoms with Crippen molar-refractivity contribution >= 4 is 41.4 Å². The topological polar surface area (TPSA) is 92.5 Å². The summed E-state index contributed by atoms with van der Waals surface area (Å²) >= 11 is 1.42. The van der Waals surface area contributed by atoms with Crippen LogP contribution in [0.3, 0.4) is 0 Å². The van der Waals surface area contributed by atoms with Crippen LogP contribution < -0.4 is 10.2 Å². The molecule has 1 saturated heterocycles. The van der Waals surface area contributed by atoms with Crippen molar-refractivity contribution in [3.63, 3.8) is 0 Å². The standard InChI is InChI=1S/C20H13N3O4S/c24-18-16(19(25)23(20(26)22-18)13-5-4-10-21-12-13)11-14-8-9-17(27-14)28-15-6-2-1-3-7-15/h1-12H,(H,22,24,26)/b16-11+. The lowest BCUT2D eigenvalue weighted by atomic mass is 10.1. The summed E-state index contributed by atoms with van der Waals surface area (Å²) in [7, 11) is 0. The van der Waals surface area contributed by atoms with Crippen LogP contribution in [0.5, 0.6) is 0 Å². The van der Waals surface area contributed by atoms with E-state index in [-0.39, 0.29) is 11.3 Å². The van der Waals surface area contributed by atoms with E-state index >= 15 is 0 Å². The molecular weight excluding hydrogens is 378 g/mol. The van der Waals surface area contributed by atoms with E-state index < -0.39 is 17.8 Å². The molecular formula is C20H13N3O4S. The lowest BCUT2D eigenvalue weighted by Gasteiger charge is -2.25. The molecule has 0 bridgehead atoms. The minimum absolute atomic E-state index is 0.200. The van der Waals surface area contributed by atoms with Gasteiger partial charge in [0.25, 0.3) is 11.8 Å². The van der Waals surface area contributed by atoms with Gasteiger partial charge in [-0.15, -0.1) is 0 Å². The van der Waals surface area contributed by atoms with Crippen LogP contribution in [-0.2, 0) is 9.59 Å². The molecule has 3 heterocycles. The number of urea groups is 1. The maximum atomic E-state index is 12.8. The maximum Gasteiger partial charge on any atom is 0.336 e. The van der Waals surface area contributed by atoms with Gasteiger partial charge in [-0.3, -0.25) is 19.9 Å². The molecule has 0 radical (unpaired) electrons. The number of nitrogens with zero attached hydrogens (tertiary/aromatic N) is 2. The number of furan rings is 1. The predicted molar refractivity (Wildman–Crippen MR) is 103 cm³/mol. The van der Waals surface area contributed by atoms with Gasteiger partial charge >= 0.3 is 6.03 Å². The van der Waals surface area contributed by atoms with Crippen molar-refractivity contribution in [1.82, 2.24) is 10.3 Å². The van der Waals surface area contributed by atoms with Crippen molar-refractivity contribution in [2.45, 2.75) is 9.99 Å². The maximum absolute atomic E-state index is 12.8. The number of amides is 4. The number of aromatic nitrogens is 1. The number of hydrogen-bond acceptors (Lipinski definition) is 6. The summed E-state index contributed by atoms with van der Waals surface area (Å²) in [6.07, 6.45) is 4.21. The molecule has 3 aromatic rings.